The van der Waals surface area contributed by atoms with Crippen molar-refractivity contribution in [1.29, 1.82) is 0 Å². The highest BCUT2D eigenvalue weighted by molar-refractivity contribution is 5.80. The molecule has 1 aromatic heterocycles. The highest BCUT2D eigenvalue weighted by atomic mass is 15.1. The maximum absolute atomic E-state index is 2.22. The first kappa shape index (κ1) is 14.3. The fraction of sp³-hybridized carbons (Fsp3) is 0.150. The summed E-state index contributed by atoms with van der Waals surface area (Å²) in [5.41, 5.74) is 4.88. The van der Waals surface area contributed by atoms with Crippen molar-refractivity contribution in [3.8, 4) is 0 Å². The van der Waals surface area contributed by atoms with Crippen LogP contribution in [0.3, 0.4) is 0 Å². The van der Waals surface area contributed by atoms with Crippen molar-refractivity contribution in [1.82, 2.24) is 0 Å². The molecular weight excluding hydrogens is 268 g/mol. The normalized spacial score (nSPS) is 11.2. The number of fused-ring (bicyclic) bond motifs is 1. The first-order valence-electron chi connectivity index (χ1n) is 7.47. The molecule has 0 N–H and O–H groups in total. The first-order chi connectivity index (χ1) is 10.6. The van der Waals surface area contributed by atoms with Crippen molar-refractivity contribution in [3.63, 3.8) is 0 Å². The predicted molar refractivity (Wildman–Crippen MR) is 94.8 cm³/mol. The van der Waals surface area contributed by atoms with E-state index < -0.39 is 0 Å². The average Bonchev–Trinajstić information content (AvgIpc) is 2.53. The molecule has 0 amide bonds. The van der Waals surface area contributed by atoms with Gasteiger partial charge in [0.15, 0.2) is 6.20 Å². The second-order valence-corrected chi connectivity index (χ2v) is 5.76. The molecule has 0 bridgehead atoms. The molecule has 2 nitrogen and oxygen atoms in total. The lowest BCUT2D eigenvalue weighted by molar-refractivity contribution is -0.645. The van der Waals surface area contributed by atoms with Crippen molar-refractivity contribution in [3.05, 3.63) is 71.9 Å². The molecule has 110 valence electrons. The third-order valence-electron chi connectivity index (χ3n) is 3.86. The minimum atomic E-state index is 1.21. The van der Waals surface area contributed by atoms with Gasteiger partial charge in [0, 0.05) is 36.8 Å². The quantitative estimate of drug-likeness (QED) is 0.663. The van der Waals surface area contributed by atoms with Crippen molar-refractivity contribution >= 4 is 28.7 Å². The summed E-state index contributed by atoms with van der Waals surface area (Å²) < 4.78 is 2.17. The molecule has 3 rings (SSSR count). The van der Waals surface area contributed by atoms with Crippen LogP contribution < -0.4 is 9.47 Å². The number of hydrogen-bond donors (Lipinski definition) is 0. The number of aromatic nitrogens is 1. The lowest BCUT2D eigenvalue weighted by Crippen LogP contribution is -2.28. The monoisotopic (exact) mass is 289 g/mol. The van der Waals surface area contributed by atoms with Crippen LogP contribution in [0.25, 0.3) is 23.1 Å². The molecular formula is C20H21N2+. The van der Waals surface area contributed by atoms with Gasteiger partial charge in [-0.3, -0.25) is 0 Å². The number of aryl methyl sites for hydroxylation is 1. The van der Waals surface area contributed by atoms with Crippen LogP contribution in [0.4, 0.5) is 5.69 Å². The second-order valence-electron chi connectivity index (χ2n) is 5.76. The zero-order valence-electron chi connectivity index (χ0n) is 13.3. The van der Waals surface area contributed by atoms with Gasteiger partial charge >= 0.3 is 0 Å². The zero-order chi connectivity index (χ0) is 15.5. The molecule has 22 heavy (non-hydrogen) atoms. The standard InChI is InChI=1S/C20H21N2/c1-21(2)19-12-10-16(11-13-19)8-9-17-14-18-6-4-5-7-20(18)22(3)15-17/h4-15H,1-3H3/q+1/b9-8+. The topological polar surface area (TPSA) is 7.12 Å². The number of nitrogens with zero attached hydrogens (tertiary/aromatic N) is 2. The largest absolute Gasteiger partial charge is 0.378 e. The van der Waals surface area contributed by atoms with Crippen LogP contribution in [0, 0.1) is 0 Å². The summed E-state index contributed by atoms with van der Waals surface area (Å²) in [5, 5.41) is 1.26. The highest BCUT2D eigenvalue weighted by Crippen LogP contribution is 2.16. The van der Waals surface area contributed by atoms with E-state index in [1.165, 1.54) is 27.7 Å². The Morgan fingerprint density at radius 3 is 2.27 bits per heavy atom. The van der Waals surface area contributed by atoms with Crippen LogP contribution >= 0.6 is 0 Å². The molecule has 2 aromatic carbocycles. The van der Waals surface area contributed by atoms with E-state index in [2.05, 4.69) is 104 Å². The van der Waals surface area contributed by atoms with E-state index in [1.807, 2.05) is 0 Å². The second kappa shape index (κ2) is 6.02. The van der Waals surface area contributed by atoms with E-state index in [1.54, 1.807) is 0 Å². The molecule has 2 heteroatoms. The van der Waals surface area contributed by atoms with E-state index in [0.29, 0.717) is 0 Å². The molecule has 0 unspecified atom stereocenters. The summed E-state index contributed by atoms with van der Waals surface area (Å²) in [6.07, 6.45) is 6.48. The third-order valence-corrected chi connectivity index (χ3v) is 3.86. The molecule has 1 heterocycles. The Bertz CT molecular complexity index is 815. The Hall–Kier alpha value is -2.61. The van der Waals surface area contributed by atoms with E-state index in [-0.39, 0.29) is 0 Å². The van der Waals surface area contributed by atoms with Gasteiger partial charge in [-0.2, -0.15) is 0 Å². The predicted octanol–water partition coefficient (Wildman–Crippen LogP) is 3.90. The van der Waals surface area contributed by atoms with Crippen LogP contribution in [-0.4, -0.2) is 14.1 Å². The maximum Gasteiger partial charge on any atom is 0.212 e. The number of pyridine rings is 1. The molecule has 3 aromatic rings. The first-order valence-corrected chi connectivity index (χ1v) is 7.47. The van der Waals surface area contributed by atoms with Crippen LogP contribution in [0.5, 0.6) is 0 Å². The average molecular weight is 289 g/mol. The van der Waals surface area contributed by atoms with Crippen LogP contribution in [0.15, 0.2) is 60.8 Å². The Morgan fingerprint density at radius 2 is 1.55 bits per heavy atom. The Balaban J connectivity index is 1.89. The van der Waals surface area contributed by atoms with E-state index in [4.69, 9.17) is 0 Å². The highest BCUT2D eigenvalue weighted by Gasteiger charge is 2.05. The summed E-state index contributed by atoms with van der Waals surface area (Å²) in [4.78, 5) is 2.11. The van der Waals surface area contributed by atoms with Crippen LogP contribution in [-0.2, 0) is 7.05 Å². The van der Waals surface area contributed by atoms with Gasteiger partial charge in [-0.15, -0.1) is 0 Å². The summed E-state index contributed by atoms with van der Waals surface area (Å²) in [6, 6.07) is 19.2. The minimum absolute atomic E-state index is 1.21. The molecule has 0 radical (unpaired) electrons. The van der Waals surface area contributed by atoms with Gasteiger partial charge in [0.05, 0.1) is 0 Å². The van der Waals surface area contributed by atoms with Crippen molar-refractivity contribution in [2.24, 2.45) is 7.05 Å². The minimum Gasteiger partial charge on any atom is -0.378 e. The number of benzene rings is 2. The molecule has 0 fully saturated rings. The lowest BCUT2D eigenvalue weighted by atomic mass is 10.1. The van der Waals surface area contributed by atoms with E-state index >= 15 is 0 Å². The lowest BCUT2D eigenvalue weighted by Gasteiger charge is -2.11. The van der Waals surface area contributed by atoms with Gasteiger partial charge in [0.2, 0.25) is 5.52 Å². The molecule has 0 atom stereocenters. The smallest absolute Gasteiger partial charge is 0.212 e. The maximum atomic E-state index is 2.22. The number of para-hydroxylation sites is 1. The van der Waals surface area contributed by atoms with E-state index in [0.717, 1.165) is 0 Å². The summed E-state index contributed by atoms with van der Waals surface area (Å²) in [5.74, 6) is 0. The van der Waals surface area contributed by atoms with Gasteiger partial charge in [-0.25, -0.2) is 4.57 Å². The molecule has 0 aliphatic carbocycles. The Kier molecular flexibility index (Phi) is 3.92. The van der Waals surface area contributed by atoms with Gasteiger partial charge in [-0.1, -0.05) is 30.3 Å². The summed E-state index contributed by atoms with van der Waals surface area (Å²) in [6.45, 7) is 0. The van der Waals surface area contributed by atoms with Gasteiger partial charge in [0.25, 0.3) is 0 Å². The van der Waals surface area contributed by atoms with E-state index in [9.17, 15) is 0 Å². The summed E-state index contributed by atoms with van der Waals surface area (Å²) >= 11 is 0. The molecule has 0 aliphatic heterocycles. The van der Waals surface area contributed by atoms with Gasteiger partial charge in [-0.05, 0) is 35.9 Å². The number of anilines is 1. The van der Waals surface area contributed by atoms with Crippen molar-refractivity contribution < 1.29 is 4.57 Å². The van der Waals surface area contributed by atoms with Crippen LogP contribution in [0.1, 0.15) is 11.1 Å². The molecule has 0 spiro atoms. The summed E-state index contributed by atoms with van der Waals surface area (Å²) in [7, 11) is 6.20. The van der Waals surface area contributed by atoms with Gasteiger partial charge < -0.3 is 4.90 Å². The van der Waals surface area contributed by atoms with Gasteiger partial charge in [0.1, 0.15) is 7.05 Å². The van der Waals surface area contributed by atoms with Crippen molar-refractivity contribution in [2.45, 2.75) is 0 Å². The van der Waals surface area contributed by atoms with Crippen LogP contribution in [0.2, 0.25) is 0 Å². The fourth-order valence-corrected chi connectivity index (χ4v) is 2.61. The Morgan fingerprint density at radius 1 is 0.864 bits per heavy atom. The Labute approximate surface area is 131 Å². The van der Waals surface area contributed by atoms with Crippen molar-refractivity contribution in [2.75, 3.05) is 19.0 Å². The number of hydrogen-bond acceptors (Lipinski definition) is 1. The molecule has 0 saturated carbocycles. The molecule has 0 aliphatic rings. The SMILES string of the molecule is CN(C)c1ccc(/C=C/c2cc3ccccc3[n+](C)c2)cc1. The third kappa shape index (κ3) is 3.01. The molecule has 0 saturated heterocycles. The fourth-order valence-electron chi connectivity index (χ4n) is 2.61. The zero-order valence-corrected chi connectivity index (χ0v) is 13.3. The number of rotatable bonds is 3.